The lowest BCUT2D eigenvalue weighted by Crippen LogP contribution is -2.46. The average molecular weight is 713 g/mol. The Bertz CT molecular complexity index is 2040. The predicted molar refractivity (Wildman–Crippen MR) is 194 cm³/mol. The summed E-state index contributed by atoms with van der Waals surface area (Å²) in [6.45, 7) is 6.56. The van der Waals surface area contributed by atoms with Gasteiger partial charge in [-0.2, -0.15) is 0 Å². The molecule has 4 heterocycles. The number of hydrogen-bond acceptors (Lipinski definition) is 7. The summed E-state index contributed by atoms with van der Waals surface area (Å²) < 4.78 is 8.62. The number of halogens is 1. The molecule has 0 aliphatic carbocycles. The lowest BCUT2D eigenvalue weighted by atomic mass is 9.82. The fourth-order valence-corrected chi connectivity index (χ4v) is 10.7. The van der Waals surface area contributed by atoms with Crippen molar-refractivity contribution in [3.05, 3.63) is 107 Å². The van der Waals surface area contributed by atoms with Crippen molar-refractivity contribution in [1.82, 2.24) is 20.0 Å². The van der Waals surface area contributed by atoms with Gasteiger partial charge in [0.2, 0.25) is 5.91 Å². The molecule has 4 atom stereocenters. The van der Waals surface area contributed by atoms with Gasteiger partial charge in [-0.15, -0.1) is 5.10 Å². The molecule has 3 aromatic carbocycles. The molecule has 13 heteroatoms. The molecular formula is C37H41ClN6O5Si. The summed E-state index contributed by atoms with van der Waals surface area (Å²) in [5.74, 6) is -0.634. The topological polar surface area (TPSA) is 146 Å². The summed E-state index contributed by atoms with van der Waals surface area (Å²) in [7, 11) is -2.85. The molecule has 0 radical (unpaired) electrons. The number of aliphatic hydroxyl groups excluding tert-OH is 1. The van der Waals surface area contributed by atoms with E-state index in [-0.39, 0.29) is 42.8 Å². The Hall–Kier alpha value is -4.33. The second-order valence-electron chi connectivity index (χ2n) is 13.9. The maximum absolute atomic E-state index is 14.7. The SMILES string of the molecule is C[C@@H]1[C@@H]([Si](C)(C)O)[C@H](CCn2cc(CCO)nn2)O[C@@]12C(=O)N(Cc1ccc(NC(=O)Cc3c[nH]c4ccccc34)cc1)c1ccc(Cl)cc12. The van der Waals surface area contributed by atoms with Gasteiger partial charge in [-0.3, -0.25) is 14.3 Å². The normalized spacial score (nSPS) is 21.8. The molecule has 260 valence electrons. The molecule has 1 spiro atoms. The number of aryl methyl sites for hydroxylation is 1. The van der Waals surface area contributed by atoms with Crippen LogP contribution >= 0.6 is 11.6 Å². The van der Waals surface area contributed by atoms with Crippen LogP contribution < -0.4 is 10.2 Å². The standard InChI is InChI=1S/C37H41ClN6O5Si/c1-23-35(50(2,3)48)33(14-16-43-22-28(15-17-45)41-42-43)49-37(23)30-19-26(38)10-13-32(30)44(36(37)47)21-24-8-11-27(12-9-24)40-34(46)18-25-20-39-31-7-5-4-6-29(25)31/h4-13,19-20,22-23,33,35,39,45,48H,14-18,21H2,1-3H3,(H,40,46)/t23-,33+,35-,37+/m1/s1. The highest BCUT2D eigenvalue weighted by Gasteiger charge is 2.66. The van der Waals surface area contributed by atoms with Crippen LogP contribution in [0.3, 0.4) is 0 Å². The number of amides is 2. The fraction of sp³-hybridized carbons (Fsp3) is 0.351. The molecular weight excluding hydrogens is 672 g/mol. The number of benzene rings is 3. The molecule has 1 saturated heterocycles. The fourth-order valence-electron chi connectivity index (χ4n) is 7.95. The van der Waals surface area contributed by atoms with Gasteiger partial charge in [0.25, 0.3) is 5.91 Å². The van der Waals surface area contributed by atoms with Crippen molar-refractivity contribution >= 4 is 54.0 Å². The number of ether oxygens (including phenoxy) is 1. The lowest BCUT2D eigenvalue weighted by molar-refractivity contribution is -0.146. The highest BCUT2D eigenvalue weighted by atomic mass is 35.5. The van der Waals surface area contributed by atoms with E-state index in [1.165, 1.54) is 0 Å². The molecule has 0 bridgehead atoms. The number of rotatable bonds is 11. The summed E-state index contributed by atoms with van der Waals surface area (Å²) >= 11 is 6.55. The smallest absolute Gasteiger partial charge is 0.264 e. The average Bonchev–Trinajstić information content (AvgIpc) is 3.83. The number of aromatic amines is 1. The Morgan fingerprint density at radius 1 is 1.14 bits per heavy atom. The highest BCUT2D eigenvalue weighted by Crippen LogP contribution is 2.60. The molecule has 2 aromatic heterocycles. The van der Waals surface area contributed by atoms with E-state index in [2.05, 4.69) is 20.6 Å². The third kappa shape index (κ3) is 6.26. The summed E-state index contributed by atoms with van der Waals surface area (Å²) in [5.41, 5.74) is 4.04. The van der Waals surface area contributed by atoms with E-state index < -0.39 is 20.0 Å². The maximum Gasteiger partial charge on any atom is 0.264 e. The highest BCUT2D eigenvalue weighted by molar-refractivity contribution is 6.71. The van der Waals surface area contributed by atoms with E-state index in [1.54, 1.807) is 21.8 Å². The van der Waals surface area contributed by atoms with Crippen LogP contribution in [0.1, 0.15) is 35.7 Å². The summed E-state index contributed by atoms with van der Waals surface area (Å²) in [6.07, 6.45) is 4.45. The quantitative estimate of drug-likeness (QED) is 0.131. The van der Waals surface area contributed by atoms with Gasteiger partial charge < -0.3 is 29.8 Å². The first-order chi connectivity index (χ1) is 24.0. The largest absolute Gasteiger partial charge is 0.432 e. The first kappa shape index (κ1) is 34.1. The molecule has 2 aliphatic rings. The molecule has 4 N–H and O–H groups in total. The minimum atomic E-state index is -2.85. The zero-order chi connectivity index (χ0) is 35.2. The van der Waals surface area contributed by atoms with E-state index in [9.17, 15) is 19.5 Å². The van der Waals surface area contributed by atoms with Crippen LogP contribution in [-0.4, -0.2) is 62.7 Å². The number of hydrogen-bond donors (Lipinski definition) is 4. The molecule has 1 fully saturated rings. The van der Waals surface area contributed by atoms with Crippen molar-refractivity contribution in [3.8, 4) is 0 Å². The molecule has 7 rings (SSSR count). The summed E-state index contributed by atoms with van der Waals surface area (Å²) in [5, 5.41) is 22.1. The second-order valence-corrected chi connectivity index (χ2v) is 18.3. The molecule has 2 aliphatic heterocycles. The Balaban J connectivity index is 1.10. The van der Waals surface area contributed by atoms with Gasteiger partial charge in [-0.05, 0) is 67.0 Å². The van der Waals surface area contributed by atoms with E-state index in [1.807, 2.05) is 86.9 Å². The monoisotopic (exact) mass is 712 g/mol. The van der Waals surface area contributed by atoms with Crippen molar-refractivity contribution in [2.75, 3.05) is 16.8 Å². The van der Waals surface area contributed by atoms with Crippen molar-refractivity contribution in [1.29, 1.82) is 0 Å². The van der Waals surface area contributed by atoms with Gasteiger partial charge in [0.1, 0.15) is 0 Å². The van der Waals surface area contributed by atoms with E-state index in [0.717, 1.165) is 27.7 Å². The number of fused-ring (bicyclic) bond motifs is 3. The Kier molecular flexibility index (Phi) is 9.16. The molecule has 11 nitrogen and oxygen atoms in total. The van der Waals surface area contributed by atoms with E-state index in [0.29, 0.717) is 41.4 Å². The maximum atomic E-state index is 14.7. The molecule has 0 unspecified atom stereocenters. The van der Waals surface area contributed by atoms with Crippen molar-refractivity contribution < 1.29 is 24.2 Å². The minimum Gasteiger partial charge on any atom is -0.432 e. The van der Waals surface area contributed by atoms with Crippen LogP contribution in [0.5, 0.6) is 0 Å². The minimum absolute atomic E-state index is 0.00930. The third-order valence-corrected chi connectivity index (χ3v) is 12.9. The van der Waals surface area contributed by atoms with Gasteiger partial charge in [-0.25, -0.2) is 0 Å². The summed E-state index contributed by atoms with van der Waals surface area (Å²) in [6, 6.07) is 20.9. The number of nitrogens with zero attached hydrogens (tertiary/aromatic N) is 4. The first-order valence-corrected chi connectivity index (χ1v) is 20.3. The van der Waals surface area contributed by atoms with Crippen LogP contribution in [0.2, 0.25) is 23.7 Å². The zero-order valence-electron chi connectivity index (χ0n) is 28.3. The predicted octanol–water partition coefficient (Wildman–Crippen LogP) is 5.56. The van der Waals surface area contributed by atoms with Gasteiger partial charge in [0.15, 0.2) is 13.9 Å². The lowest BCUT2D eigenvalue weighted by Gasteiger charge is -2.32. The summed E-state index contributed by atoms with van der Waals surface area (Å²) in [4.78, 5) is 44.2. The number of aromatic nitrogens is 4. The zero-order valence-corrected chi connectivity index (χ0v) is 30.0. The van der Waals surface area contributed by atoms with E-state index in [4.69, 9.17) is 16.3 Å². The Labute approximate surface area is 296 Å². The van der Waals surface area contributed by atoms with Gasteiger partial charge in [-0.1, -0.05) is 54.1 Å². The number of para-hydroxylation sites is 1. The third-order valence-electron chi connectivity index (χ3n) is 10.1. The van der Waals surface area contributed by atoms with Crippen LogP contribution in [0.15, 0.2) is 79.1 Å². The Morgan fingerprint density at radius 3 is 2.68 bits per heavy atom. The van der Waals surface area contributed by atoms with Gasteiger partial charge in [0, 0.05) is 70.6 Å². The molecule has 0 saturated carbocycles. The van der Waals surface area contributed by atoms with Crippen LogP contribution in [0, 0.1) is 5.92 Å². The van der Waals surface area contributed by atoms with Crippen molar-refractivity contribution in [3.63, 3.8) is 0 Å². The number of nitrogens with one attached hydrogen (secondary N) is 2. The number of carbonyl (C=O) groups is 2. The van der Waals surface area contributed by atoms with Gasteiger partial charge in [0.05, 0.1) is 30.5 Å². The van der Waals surface area contributed by atoms with Gasteiger partial charge >= 0.3 is 0 Å². The van der Waals surface area contributed by atoms with E-state index >= 15 is 0 Å². The van der Waals surface area contributed by atoms with Crippen LogP contribution in [0.4, 0.5) is 11.4 Å². The Morgan fingerprint density at radius 2 is 1.92 bits per heavy atom. The first-order valence-electron chi connectivity index (χ1n) is 16.9. The number of carbonyl (C=O) groups excluding carboxylic acids is 2. The number of H-pyrrole nitrogens is 1. The van der Waals surface area contributed by atoms with Crippen LogP contribution in [0.25, 0.3) is 10.9 Å². The van der Waals surface area contributed by atoms with Crippen molar-refractivity contribution in [2.45, 2.75) is 69.6 Å². The molecule has 2 amide bonds. The van der Waals surface area contributed by atoms with Crippen LogP contribution in [-0.2, 0) is 45.9 Å². The molecule has 50 heavy (non-hydrogen) atoms. The second kappa shape index (κ2) is 13.4. The molecule has 5 aromatic rings. The number of aliphatic hydroxyl groups is 1. The number of anilines is 2. The van der Waals surface area contributed by atoms with Crippen molar-refractivity contribution in [2.24, 2.45) is 5.92 Å².